The lowest BCUT2D eigenvalue weighted by Crippen LogP contribution is -2.61. The fraction of sp³-hybridized carbons (Fsp3) is 0.929. The van der Waals surface area contributed by atoms with Crippen molar-refractivity contribution in [3.63, 3.8) is 0 Å². The zero-order valence-electron chi connectivity index (χ0n) is 11.6. The van der Waals surface area contributed by atoms with Crippen LogP contribution in [0.4, 0.5) is 0 Å². The standard InChI is InChI=1S/C14H26N2O2/c1-10(2)16-14(13(15)17)8-4-7-12(9-14)18-11-5-3-6-11/h10-12,16H,3-9H2,1-2H3,(H2,15,17). The highest BCUT2D eigenvalue weighted by molar-refractivity contribution is 5.84. The van der Waals surface area contributed by atoms with Gasteiger partial charge in [0.1, 0.15) is 5.54 Å². The van der Waals surface area contributed by atoms with Crippen LogP contribution in [0.2, 0.25) is 0 Å². The largest absolute Gasteiger partial charge is 0.375 e. The monoisotopic (exact) mass is 254 g/mol. The second-order valence-electron chi connectivity index (χ2n) is 6.15. The molecule has 0 aromatic rings. The third-order valence-corrected chi connectivity index (χ3v) is 4.18. The smallest absolute Gasteiger partial charge is 0.237 e. The molecule has 2 rings (SSSR count). The fourth-order valence-electron chi connectivity index (χ4n) is 3.10. The van der Waals surface area contributed by atoms with Gasteiger partial charge in [-0.05, 0) is 52.4 Å². The molecule has 0 saturated heterocycles. The lowest BCUT2D eigenvalue weighted by molar-refractivity contribution is -0.132. The molecular weight excluding hydrogens is 228 g/mol. The minimum atomic E-state index is -0.555. The first-order chi connectivity index (χ1) is 8.52. The first-order valence-electron chi connectivity index (χ1n) is 7.25. The summed E-state index contributed by atoms with van der Waals surface area (Å²) >= 11 is 0. The fourth-order valence-corrected chi connectivity index (χ4v) is 3.10. The summed E-state index contributed by atoms with van der Waals surface area (Å²) in [5.41, 5.74) is 5.08. The molecule has 2 atom stereocenters. The number of hydrogen-bond acceptors (Lipinski definition) is 3. The van der Waals surface area contributed by atoms with E-state index in [0.717, 1.165) is 25.7 Å². The topological polar surface area (TPSA) is 64.3 Å². The predicted molar refractivity (Wildman–Crippen MR) is 71.2 cm³/mol. The van der Waals surface area contributed by atoms with Crippen LogP contribution < -0.4 is 11.1 Å². The molecule has 0 aromatic heterocycles. The minimum absolute atomic E-state index is 0.197. The Bertz CT molecular complexity index is 302. The summed E-state index contributed by atoms with van der Waals surface area (Å²) in [5, 5.41) is 3.38. The van der Waals surface area contributed by atoms with E-state index in [-0.39, 0.29) is 18.1 Å². The van der Waals surface area contributed by atoms with Crippen molar-refractivity contribution < 1.29 is 9.53 Å². The second kappa shape index (κ2) is 5.57. The van der Waals surface area contributed by atoms with Gasteiger partial charge in [-0.2, -0.15) is 0 Å². The van der Waals surface area contributed by atoms with Gasteiger partial charge in [0.05, 0.1) is 12.2 Å². The van der Waals surface area contributed by atoms with Crippen LogP contribution in [0, 0.1) is 0 Å². The van der Waals surface area contributed by atoms with E-state index in [1.807, 2.05) is 0 Å². The maximum atomic E-state index is 11.8. The van der Waals surface area contributed by atoms with E-state index >= 15 is 0 Å². The number of nitrogens with two attached hydrogens (primary N) is 1. The van der Waals surface area contributed by atoms with E-state index in [2.05, 4.69) is 19.2 Å². The van der Waals surface area contributed by atoms with Crippen molar-refractivity contribution in [3.05, 3.63) is 0 Å². The van der Waals surface area contributed by atoms with E-state index in [9.17, 15) is 4.79 Å². The average molecular weight is 254 g/mol. The van der Waals surface area contributed by atoms with Crippen LogP contribution in [-0.4, -0.2) is 29.7 Å². The Morgan fingerprint density at radius 1 is 1.28 bits per heavy atom. The summed E-state index contributed by atoms with van der Waals surface area (Å²) < 4.78 is 6.07. The van der Waals surface area contributed by atoms with Gasteiger partial charge in [-0.3, -0.25) is 4.79 Å². The number of primary amides is 1. The number of hydrogen-bond donors (Lipinski definition) is 2. The number of rotatable bonds is 5. The summed E-state index contributed by atoms with van der Waals surface area (Å²) in [7, 11) is 0. The number of ether oxygens (including phenoxy) is 1. The lowest BCUT2D eigenvalue weighted by atomic mass is 9.78. The molecule has 0 radical (unpaired) electrons. The van der Waals surface area contributed by atoms with Crippen LogP contribution in [0.3, 0.4) is 0 Å². The Hall–Kier alpha value is -0.610. The molecule has 0 aliphatic heterocycles. The number of carbonyl (C=O) groups excluding carboxylic acids is 1. The summed E-state index contributed by atoms with van der Waals surface area (Å²) in [5.74, 6) is -0.224. The zero-order chi connectivity index (χ0) is 13.2. The number of carbonyl (C=O) groups is 1. The third-order valence-electron chi connectivity index (χ3n) is 4.18. The molecule has 2 fully saturated rings. The Morgan fingerprint density at radius 3 is 2.44 bits per heavy atom. The van der Waals surface area contributed by atoms with Gasteiger partial charge < -0.3 is 15.8 Å². The third kappa shape index (κ3) is 3.04. The zero-order valence-corrected chi connectivity index (χ0v) is 11.6. The lowest BCUT2D eigenvalue weighted by Gasteiger charge is -2.42. The Kier molecular flexibility index (Phi) is 4.28. The molecule has 0 aromatic carbocycles. The Balaban J connectivity index is 1.98. The van der Waals surface area contributed by atoms with Gasteiger partial charge in [0.2, 0.25) is 5.91 Å². The molecule has 3 N–H and O–H groups in total. The maximum absolute atomic E-state index is 11.8. The molecular formula is C14H26N2O2. The SMILES string of the molecule is CC(C)NC1(C(N)=O)CCCC(OC2CCC2)C1. The molecule has 2 aliphatic rings. The van der Waals surface area contributed by atoms with Crippen molar-refractivity contribution in [1.29, 1.82) is 0 Å². The van der Waals surface area contributed by atoms with Gasteiger partial charge in [-0.25, -0.2) is 0 Å². The van der Waals surface area contributed by atoms with Crippen LogP contribution in [0.5, 0.6) is 0 Å². The molecule has 4 heteroatoms. The molecule has 2 aliphatic carbocycles. The first-order valence-corrected chi connectivity index (χ1v) is 7.25. The molecule has 0 bridgehead atoms. The van der Waals surface area contributed by atoms with Crippen LogP contribution >= 0.6 is 0 Å². The van der Waals surface area contributed by atoms with Gasteiger partial charge in [0.15, 0.2) is 0 Å². The van der Waals surface area contributed by atoms with E-state index < -0.39 is 5.54 Å². The summed E-state index contributed by atoms with van der Waals surface area (Å²) in [6.07, 6.45) is 7.91. The van der Waals surface area contributed by atoms with Crippen molar-refractivity contribution in [3.8, 4) is 0 Å². The van der Waals surface area contributed by atoms with Gasteiger partial charge >= 0.3 is 0 Å². The summed E-state index contributed by atoms with van der Waals surface area (Å²) in [6, 6.07) is 0.264. The van der Waals surface area contributed by atoms with E-state index in [0.29, 0.717) is 6.10 Å². The summed E-state index contributed by atoms with van der Waals surface area (Å²) in [6.45, 7) is 4.11. The van der Waals surface area contributed by atoms with Crippen molar-refractivity contribution in [2.24, 2.45) is 5.73 Å². The van der Waals surface area contributed by atoms with Crippen LogP contribution in [0.25, 0.3) is 0 Å². The van der Waals surface area contributed by atoms with Crippen molar-refractivity contribution >= 4 is 5.91 Å². The predicted octanol–water partition coefficient (Wildman–Crippen LogP) is 1.72. The highest BCUT2D eigenvalue weighted by Crippen LogP contribution is 2.34. The molecule has 18 heavy (non-hydrogen) atoms. The highest BCUT2D eigenvalue weighted by Gasteiger charge is 2.42. The van der Waals surface area contributed by atoms with Gasteiger partial charge in [0.25, 0.3) is 0 Å². The molecule has 4 nitrogen and oxygen atoms in total. The van der Waals surface area contributed by atoms with Crippen LogP contribution in [-0.2, 0) is 9.53 Å². The number of nitrogens with one attached hydrogen (secondary N) is 1. The molecule has 2 unspecified atom stereocenters. The molecule has 0 heterocycles. The molecule has 2 saturated carbocycles. The Labute approximate surface area is 110 Å². The van der Waals surface area contributed by atoms with Gasteiger partial charge in [-0.15, -0.1) is 0 Å². The molecule has 0 spiro atoms. The van der Waals surface area contributed by atoms with E-state index in [1.165, 1.54) is 19.3 Å². The van der Waals surface area contributed by atoms with Crippen LogP contribution in [0.1, 0.15) is 58.8 Å². The van der Waals surface area contributed by atoms with Crippen molar-refractivity contribution in [2.45, 2.75) is 82.6 Å². The molecule has 1 amide bonds. The van der Waals surface area contributed by atoms with E-state index in [4.69, 9.17) is 10.5 Å². The van der Waals surface area contributed by atoms with E-state index in [1.54, 1.807) is 0 Å². The molecule has 104 valence electrons. The summed E-state index contributed by atoms with van der Waals surface area (Å²) in [4.78, 5) is 11.8. The highest BCUT2D eigenvalue weighted by atomic mass is 16.5. The van der Waals surface area contributed by atoms with Crippen molar-refractivity contribution in [1.82, 2.24) is 5.32 Å². The minimum Gasteiger partial charge on any atom is -0.375 e. The van der Waals surface area contributed by atoms with Gasteiger partial charge in [-0.1, -0.05) is 0 Å². The maximum Gasteiger partial charge on any atom is 0.237 e. The second-order valence-corrected chi connectivity index (χ2v) is 6.15. The van der Waals surface area contributed by atoms with Crippen molar-refractivity contribution in [2.75, 3.05) is 0 Å². The number of amides is 1. The normalized spacial score (nSPS) is 33.4. The average Bonchev–Trinajstić information content (AvgIpc) is 2.23. The van der Waals surface area contributed by atoms with Crippen LogP contribution in [0.15, 0.2) is 0 Å². The quantitative estimate of drug-likeness (QED) is 0.785. The first kappa shape index (κ1) is 13.8. The van der Waals surface area contributed by atoms with Gasteiger partial charge in [0, 0.05) is 12.5 Å². The Morgan fingerprint density at radius 2 is 1.94 bits per heavy atom.